The lowest BCUT2D eigenvalue weighted by Crippen LogP contribution is -2.42. The second-order valence-electron chi connectivity index (χ2n) is 4.46. The van der Waals surface area contributed by atoms with Crippen molar-refractivity contribution in [1.29, 1.82) is 0 Å². The number of anilines is 1. The first-order valence-corrected chi connectivity index (χ1v) is 6.20. The smallest absolute Gasteiger partial charge is 0.323 e. The van der Waals surface area contributed by atoms with E-state index in [-0.39, 0.29) is 24.1 Å². The molecule has 0 aliphatic carbocycles. The third kappa shape index (κ3) is 3.89. The van der Waals surface area contributed by atoms with Crippen molar-refractivity contribution in [2.45, 2.75) is 32.9 Å². The van der Waals surface area contributed by atoms with Gasteiger partial charge in [-0.2, -0.15) is 0 Å². The zero-order valence-corrected chi connectivity index (χ0v) is 11.4. The Morgan fingerprint density at radius 1 is 1.58 bits per heavy atom. The number of hydrogen-bond donors (Lipinski definition) is 2. The van der Waals surface area contributed by atoms with Gasteiger partial charge in [0, 0.05) is 12.1 Å². The highest BCUT2D eigenvalue weighted by atomic mass is 19.1. The minimum atomic E-state index is -0.486. The molecule has 19 heavy (non-hydrogen) atoms. The molecule has 1 heterocycles. The minimum absolute atomic E-state index is 0.0820. The van der Waals surface area contributed by atoms with E-state index in [2.05, 4.69) is 10.3 Å². The van der Waals surface area contributed by atoms with Crippen molar-refractivity contribution >= 4 is 11.7 Å². The molecule has 0 aliphatic heterocycles. The summed E-state index contributed by atoms with van der Waals surface area (Å²) in [6.07, 6.45) is 3.29. The number of hydrogen-bond acceptors (Lipinski definition) is 5. The number of nitrogens with two attached hydrogens (primary N) is 1. The third-order valence-electron chi connectivity index (χ3n) is 3.21. The standard InChI is InChI=1S/C13H20FN3O2/c1-4-8(2)12(13(18)19-3)17-5-9-10(14)6-16-7-11(9)15/h6-8,12,17H,4-5,15H2,1-3H3/t8-,12-/m0/s1. The van der Waals surface area contributed by atoms with Gasteiger partial charge in [-0.1, -0.05) is 20.3 Å². The summed E-state index contributed by atoms with van der Waals surface area (Å²) in [5, 5.41) is 3.00. The number of pyridine rings is 1. The summed E-state index contributed by atoms with van der Waals surface area (Å²) in [6.45, 7) is 4.06. The van der Waals surface area contributed by atoms with Gasteiger partial charge in [0.1, 0.15) is 11.9 Å². The predicted octanol–water partition coefficient (Wildman–Crippen LogP) is 1.48. The number of nitrogens with zero attached hydrogens (tertiary/aromatic N) is 1. The molecule has 6 heteroatoms. The minimum Gasteiger partial charge on any atom is -0.468 e. The summed E-state index contributed by atoms with van der Waals surface area (Å²) >= 11 is 0. The Morgan fingerprint density at radius 2 is 2.26 bits per heavy atom. The van der Waals surface area contributed by atoms with Gasteiger partial charge in [-0.3, -0.25) is 15.1 Å². The summed E-state index contributed by atoms with van der Waals surface area (Å²) in [4.78, 5) is 15.3. The Morgan fingerprint density at radius 3 is 2.79 bits per heavy atom. The molecule has 106 valence electrons. The van der Waals surface area contributed by atoms with Crippen molar-refractivity contribution in [2.24, 2.45) is 5.92 Å². The van der Waals surface area contributed by atoms with Gasteiger partial charge in [0.2, 0.25) is 0 Å². The van der Waals surface area contributed by atoms with Crippen LogP contribution in [0.3, 0.4) is 0 Å². The zero-order valence-electron chi connectivity index (χ0n) is 11.4. The van der Waals surface area contributed by atoms with Crippen molar-refractivity contribution in [1.82, 2.24) is 10.3 Å². The zero-order chi connectivity index (χ0) is 14.4. The van der Waals surface area contributed by atoms with Crippen LogP contribution in [0.15, 0.2) is 12.4 Å². The molecule has 5 nitrogen and oxygen atoms in total. The quantitative estimate of drug-likeness (QED) is 0.765. The Hall–Kier alpha value is -1.69. The first-order valence-electron chi connectivity index (χ1n) is 6.20. The fourth-order valence-electron chi connectivity index (χ4n) is 1.75. The van der Waals surface area contributed by atoms with Crippen LogP contribution < -0.4 is 11.1 Å². The van der Waals surface area contributed by atoms with E-state index in [1.807, 2.05) is 13.8 Å². The Kier molecular flexibility index (Phi) is 5.69. The first kappa shape index (κ1) is 15.4. The molecule has 0 saturated carbocycles. The van der Waals surface area contributed by atoms with E-state index in [0.717, 1.165) is 12.6 Å². The normalized spacial score (nSPS) is 13.9. The number of esters is 1. The summed E-state index contributed by atoms with van der Waals surface area (Å²) < 4.78 is 18.3. The van der Waals surface area contributed by atoms with Crippen molar-refractivity contribution in [3.63, 3.8) is 0 Å². The fraction of sp³-hybridized carbons (Fsp3) is 0.538. The van der Waals surface area contributed by atoms with E-state index in [4.69, 9.17) is 10.5 Å². The van der Waals surface area contributed by atoms with Crippen LogP contribution in [0.1, 0.15) is 25.8 Å². The van der Waals surface area contributed by atoms with Crippen LogP contribution in [-0.2, 0) is 16.1 Å². The number of nitrogen functional groups attached to an aromatic ring is 1. The maximum atomic E-state index is 13.6. The molecule has 0 spiro atoms. The first-order chi connectivity index (χ1) is 9.01. The molecule has 0 bridgehead atoms. The lowest BCUT2D eigenvalue weighted by molar-refractivity contribution is -0.144. The molecule has 0 aromatic carbocycles. The topological polar surface area (TPSA) is 77.2 Å². The van der Waals surface area contributed by atoms with E-state index >= 15 is 0 Å². The van der Waals surface area contributed by atoms with Gasteiger partial charge in [0.25, 0.3) is 0 Å². The van der Waals surface area contributed by atoms with Gasteiger partial charge in [0.05, 0.1) is 25.2 Å². The van der Waals surface area contributed by atoms with Crippen molar-refractivity contribution in [3.8, 4) is 0 Å². The van der Waals surface area contributed by atoms with Crippen molar-refractivity contribution in [2.75, 3.05) is 12.8 Å². The van der Waals surface area contributed by atoms with Gasteiger partial charge < -0.3 is 10.5 Å². The number of aromatic nitrogens is 1. The van der Waals surface area contributed by atoms with Gasteiger partial charge in [-0.05, 0) is 5.92 Å². The monoisotopic (exact) mass is 269 g/mol. The number of carbonyl (C=O) groups is 1. The summed E-state index contributed by atoms with van der Waals surface area (Å²) in [7, 11) is 1.33. The predicted molar refractivity (Wildman–Crippen MR) is 70.7 cm³/mol. The van der Waals surface area contributed by atoms with Crippen LogP contribution in [0, 0.1) is 11.7 Å². The molecule has 3 N–H and O–H groups in total. The van der Waals surface area contributed by atoms with Gasteiger partial charge in [0.15, 0.2) is 0 Å². The molecule has 0 radical (unpaired) electrons. The second kappa shape index (κ2) is 7.04. The molecule has 0 fully saturated rings. The molecule has 1 aromatic heterocycles. The number of ether oxygens (including phenoxy) is 1. The van der Waals surface area contributed by atoms with Crippen molar-refractivity contribution < 1.29 is 13.9 Å². The number of methoxy groups -OCH3 is 1. The Bertz CT molecular complexity index is 420. The van der Waals surface area contributed by atoms with E-state index in [1.54, 1.807) is 0 Å². The largest absolute Gasteiger partial charge is 0.468 e. The lowest BCUT2D eigenvalue weighted by Gasteiger charge is -2.22. The summed E-state index contributed by atoms with van der Waals surface area (Å²) in [5.74, 6) is -0.763. The van der Waals surface area contributed by atoms with Crippen LogP contribution >= 0.6 is 0 Å². The van der Waals surface area contributed by atoms with Crippen LogP contribution in [0.25, 0.3) is 0 Å². The number of nitrogens with one attached hydrogen (secondary N) is 1. The molecular formula is C13H20FN3O2. The second-order valence-corrected chi connectivity index (χ2v) is 4.46. The summed E-state index contributed by atoms with van der Waals surface area (Å²) in [6, 6.07) is -0.484. The molecule has 0 saturated heterocycles. The SMILES string of the molecule is CC[C@H](C)[C@H](NCc1c(N)cncc1F)C(=O)OC. The number of carbonyl (C=O) groups excluding carboxylic acids is 1. The van der Waals surface area contributed by atoms with Crippen LogP contribution in [0.2, 0.25) is 0 Å². The average Bonchev–Trinajstić information content (AvgIpc) is 2.40. The van der Waals surface area contributed by atoms with Crippen LogP contribution in [0.4, 0.5) is 10.1 Å². The number of rotatable bonds is 6. The Balaban J connectivity index is 2.79. The van der Waals surface area contributed by atoms with Gasteiger partial charge in [-0.25, -0.2) is 4.39 Å². The molecule has 0 unspecified atom stereocenters. The van der Waals surface area contributed by atoms with Gasteiger partial charge >= 0.3 is 5.97 Å². The highest BCUT2D eigenvalue weighted by Crippen LogP contribution is 2.15. The van der Waals surface area contributed by atoms with E-state index in [9.17, 15) is 9.18 Å². The lowest BCUT2D eigenvalue weighted by atomic mass is 9.99. The van der Waals surface area contributed by atoms with Crippen LogP contribution in [-0.4, -0.2) is 24.1 Å². The fourth-order valence-corrected chi connectivity index (χ4v) is 1.75. The van der Waals surface area contributed by atoms with Gasteiger partial charge in [-0.15, -0.1) is 0 Å². The average molecular weight is 269 g/mol. The van der Waals surface area contributed by atoms with E-state index in [0.29, 0.717) is 5.56 Å². The van der Waals surface area contributed by atoms with Crippen LogP contribution in [0.5, 0.6) is 0 Å². The molecule has 1 rings (SSSR count). The molecule has 0 amide bonds. The molecule has 0 aliphatic rings. The third-order valence-corrected chi connectivity index (χ3v) is 3.21. The molecular weight excluding hydrogens is 249 g/mol. The summed E-state index contributed by atoms with van der Waals surface area (Å²) in [5.41, 5.74) is 6.24. The Labute approximate surface area is 112 Å². The maximum Gasteiger partial charge on any atom is 0.323 e. The van der Waals surface area contributed by atoms with Crippen molar-refractivity contribution in [3.05, 3.63) is 23.8 Å². The highest BCUT2D eigenvalue weighted by molar-refractivity contribution is 5.76. The molecule has 2 atom stereocenters. The van der Waals surface area contributed by atoms with E-state index < -0.39 is 11.9 Å². The highest BCUT2D eigenvalue weighted by Gasteiger charge is 2.24. The maximum absolute atomic E-state index is 13.6. The number of halogens is 1. The van der Waals surface area contributed by atoms with E-state index in [1.165, 1.54) is 13.3 Å². The molecule has 1 aromatic rings.